The summed E-state index contributed by atoms with van der Waals surface area (Å²) in [6, 6.07) is 12.2. The van der Waals surface area contributed by atoms with Crippen LogP contribution >= 0.6 is 0 Å². The molecule has 112 valence electrons. The van der Waals surface area contributed by atoms with Gasteiger partial charge in [0.2, 0.25) is 0 Å². The van der Waals surface area contributed by atoms with Crippen molar-refractivity contribution < 1.29 is 19.7 Å². The van der Waals surface area contributed by atoms with E-state index in [0.29, 0.717) is 17.3 Å². The van der Waals surface area contributed by atoms with Gasteiger partial charge in [-0.1, -0.05) is 12.1 Å². The van der Waals surface area contributed by atoms with Crippen molar-refractivity contribution in [1.29, 1.82) is 0 Å². The molecule has 0 amide bonds. The van der Waals surface area contributed by atoms with Crippen molar-refractivity contribution in [3.63, 3.8) is 0 Å². The molecule has 0 fully saturated rings. The smallest absolute Gasteiger partial charge is 0.335 e. The van der Waals surface area contributed by atoms with Gasteiger partial charge in [-0.3, -0.25) is 0 Å². The Labute approximate surface area is 127 Å². The first kappa shape index (κ1) is 14.0. The van der Waals surface area contributed by atoms with Crippen molar-refractivity contribution >= 4 is 16.7 Å². The summed E-state index contributed by atoms with van der Waals surface area (Å²) in [5.41, 5.74) is 1.21. The number of aromatic hydroxyl groups is 1. The van der Waals surface area contributed by atoms with Crippen LogP contribution in [-0.4, -0.2) is 27.9 Å². The van der Waals surface area contributed by atoms with Crippen molar-refractivity contribution in [1.82, 2.24) is 4.57 Å². The highest BCUT2D eigenvalue weighted by molar-refractivity contribution is 5.96. The highest BCUT2D eigenvalue weighted by Crippen LogP contribution is 2.29. The maximum absolute atomic E-state index is 11.0. The topological polar surface area (TPSA) is 71.7 Å². The van der Waals surface area contributed by atoms with E-state index < -0.39 is 5.97 Å². The van der Waals surface area contributed by atoms with Gasteiger partial charge >= 0.3 is 5.97 Å². The van der Waals surface area contributed by atoms with Gasteiger partial charge in [0.05, 0.1) is 19.2 Å². The fourth-order valence-electron chi connectivity index (χ4n) is 2.44. The van der Waals surface area contributed by atoms with Gasteiger partial charge < -0.3 is 19.5 Å². The van der Waals surface area contributed by atoms with Crippen LogP contribution in [0.1, 0.15) is 15.9 Å². The van der Waals surface area contributed by atoms with Crippen LogP contribution in [0.2, 0.25) is 0 Å². The monoisotopic (exact) mass is 297 g/mol. The third-order valence-corrected chi connectivity index (χ3v) is 3.62. The van der Waals surface area contributed by atoms with E-state index >= 15 is 0 Å². The Hall–Kier alpha value is -2.95. The van der Waals surface area contributed by atoms with Gasteiger partial charge in [0.25, 0.3) is 0 Å². The number of benzene rings is 2. The number of aromatic carboxylic acids is 1. The minimum Gasteiger partial charge on any atom is -0.497 e. The quantitative estimate of drug-likeness (QED) is 0.776. The maximum atomic E-state index is 11.0. The Morgan fingerprint density at radius 2 is 1.91 bits per heavy atom. The molecule has 0 aliphatic carbocycles. The van der Waals surface area contributed by atoms with Crippen molar-refractivity contribution in [2.75, 3.05) is 7.11 Å². The molecular weight excluding hydrogens is 282 g/mol. The summed E-state index contributed by atoms with van der Waals surface area (Å²) in [4.78, 5) is 11.0. The molecule has 0 saturated carbocycles. The Bertz CT molecular complexity index is 834. The first-order valence-corrected chi connectivity index (χ1v) is 6.76. The summed E-state index contributed by atoms with van der Waals surface area (Å²) in [7, 11) is 1.61. The number of carboxylic acids is 1. The Kier molecular flexibility index (Phi) is 3.47. The van der Waals surface area contributed by atoms with Gasteiger partial charge in [-0.05, 0) is 35.9 Å². The van der Waals surface area contributed by atoms with Crippen LogP contribution in [0.3, 0.4) is 0 Å². The number of hydrogen-bond acceptors (Lipinski definition) is 3. The predicted molar refractivity (Wildman–Crippen MR) is 82.7 cm³/mol. The van der Waals surface area contributed by atoms with E-state index in [1.165, 1.54) is 6.07 Å². The molecule has 0 aliphatic heterocycles. The lowest BCUT2D eigenvalue weighted by Crippen LogP contribution is -1.97. The molecule has 0 unspecified atom stereocenters. The lowest BCUT2D eigenvalue weighted by molar-refractivity contribution is 0.0697. The van der Waals surface area contributed by atoms with E-state index in [2.05, 4.69) is 0 Å². The number of methoxy groups -OCH3 is 1. The van der Waals surface area contributed by atoms with E-state index in [1.807, 2.05) is 24.3 Å². The van der Waals surface area contributed by atoms with Gasteiger partial charge in [0.1, 0.15) is 5.75 Å². The molecule has 0 bridgehead atoms. The standard InChI is InChI=1S/C17H15NO4/c1-22-14-5-2-11(3-6-14)9-18-10-13-8-12(17(20)21)4-7-15(13)16(18)19/h2-8,10,19H,9H2,1H3,(H,20,21). The minimum absolute atomic E-state index is 0.128. The van der Waals surface area contributed by atoms with Crippen LogP contribution in [0.25, 0.3) is 10.8 Å². The minimum atomic E-state index is -0.982. The number of carbonyl (C=O) groups is 1. The molecule has 0 spiro atoms. The Morgan fingerprint density at radius 1 is 1.18 bits per heavy atom. The summed E-state index contributed by atoms with van der Waals surface area (Å²) in [5.74, 6) is -0.0798. The average molecular weight is 297 g/mol. The van der Waals surface area contributed by atoms with Gasteiger partial charge in [-0.25, -0.2) is 4.79 Å². The lowest BCUT2D eigenvalue weighted by Gasteiger charge is -2.06. The number of aromatic nitrogens is 1. The second kappa shape index (κ2) is 5.44. The second-order valence-corrected chi connectivity index (χ2v) is 5.04. The van der Waals surface area contributed by atoms with Gasteiger partial charge in [-0.15, -0.1) is 0 Å². The number of ether oxygens (including phenoxy) is 1. The molecule has 5 nitrogen and oxygen atoms in total. The zero-order chi connectivity index (χ0) is 15.7. The molecular formula is C17H15NO4. The number of carboxylic acid groups (broad SMARTS) is 1. The van der Waals surface area contributed by atoms with E-state index in [-0.39, 0.29) is 11.4 Å². The number of nitrogens with zero attached hydrogens (tertiary/aromatic N) is 1. The van der Waals surface area contributed by atoms with E-state index in [1.54, 1.807) is 30.0 Å². The Balaban J connectivity index is 1.96. The lowest BCUT2D eigenvalue weighted by atomic mass is 10.1. The third-order valence-electron chi connectivity index (χ3n) is 3.62. The molecule has 3 aromatic rings. The molecule has 2 N–H and O–H groups in total. The predicted octanol–water partition coefficient (Wildman–Crippen LogP) is 3.10. The molecule has 1 heterocycles. The molecule has 0 radical (unpaired) electrons. The summed E-state index contributed by atoms with van der Waals surface area (Å²) in [5, 5.41) is 20.6. The summed E-state index contributed by atoms with van der Waals surface area (Å²) in [6.45, 7) is 0.493. The zero-order valence-electron chi connectivity index (χ0n) is 12.0. The molecule has 0 aliphatic rings. The fraction of sp³-hybridized carbons (Fsp3) is 0.118. The van der Waals surface area contributed by atoms with Crippen LogP contribution in [0, 0.1) is 0 Å². The van der Waals surface area contributed by atoms with Gasteiger partial charge in [0, 0.05) is 17.0 Å². The molecule has 22 heavy (non-hydrogen) atoms. The first-order chi connectivity index (χ1) is 10.6. The molecule has 3 rings (SSSR count). The fourth-order valence-corrected chi connectivity index (χ4v) is 2.44. The average Bonchev–Trinajstić information content (AvgIpc) is 2.84. The van der Waals surface area contributed by atoms with Crippen molar-refractivity contribution in [2.24, 2.45) is 0 Å². The van der Waals surface area contributed by atoms with E-state index in [9.17, 15) is 9.90 Å². The van der Waals surface area contributed by atoms with E-state index in [4.69, 9.17) is 9.84 Å². The number of rotatable bonds is 4. The summed E-state index contributed by atoms with van der Waals surface area (Å²) >= 11 is 0. The molecule has 5 heteroatoms. The SMILES string of the molecule is COc1ccc(Cn2cc3cc(C(=O)O)ccc3c2O)cc1. The molecule has 1 aromatic heterocycles. The largest absolute Gasteiger partial charge is 0.497 e. The van der Waals surface area contributed by atoms with Crippen LogP contribution in [0.5, 0.6) is 11.6 Å². The zero-order valence-corrected chi connectivity index (χ0v) is 12.0. The summed E-state index contributed by atoms with van der Waals surface area (Å²) in [6.07, 6.45) is 1.75. The molecule has 0 atom stereocenters. The van der Waals surface area contributed by atoms with Crippen LogP contribution in [-0.2, 0) is 6.54 Å². The normalized spacial score (nSPS) is 10.8. The second-order valence-electron chi connectivity index (χ2n) is 5.04. The first-order valence-electron chi connectivity index (χ1n) is 6.76. The van der Waals surface area contributed by atoms with Crippen LogP contribution < -0.4 is 4.74 Å². The van der Waals surface area contributed by atoms with Gasteiger partial charge in [-0.2, -0.15) is 0 Å². The highest BCUT2D eigenvalue weighted by Gasteiger charge is 2.11. The van der Waals surface area contributed by atoms with Crippen LogP contribution in [0.4, 0.5) is 0 Å². The number of hydrogen-bond donors (Lipinski definition) is 2. The van der Waals surface area contributed by atoms with Crippen molar-refractivity contribution in [3.8, 4) is 11.6 Å². The third kappa shape index (κ3) is 2.48. The highest BCUT2D eigenvalue weighted by atomic mass is 16.5. The molecule has 2 aromatic carbocycles. The maximum Gasteiger partial charge on any atom is 0.335 e. The van der Waals surface area contributed by atoms with Crippen LogP contribution in [0.15, 0.2) is 48.7 Å². The van der Waals surface area contributed by atoms with Crippen molar-refractivity contribution in [2.45, 2.75) is 6.54 Å². The molecule has 0 saturated heterocycles. The number of fused-ring (bicyclic) bond motifs is 1. The van der Waals surface area contributed by atoms with Crippen molar-refractivity contribution in [3.05, 3.63) is 59.8 Å². The Morgan fingerprint density at radius 3 is 2.55 bits per heavy atom. The van der Waals surface area contributed by atoms with E-state index in [0.717, 1.165) is 11.3 Å². The van der Waals surface area contributed by atoms with Gasteiger partial charge in [0.15, 0.2) is 5.88 Å². The summed E-state index contributed by atoms with van der Waals surface area (Å²) < 4.78 is 6.81.